The first-order valence-corrected chi connectivity index (χ1v) is 7.28. The van der Waals surface area contributed by atoms with E-state index in [9.17, 15) is 0 Å². The van der Waals surface area contributed by atoms with Gasteiger partial charge < -0.3 is 24.4 Å². The van der Waals surface area contributed by atoms with Gasteiger partial charge in [-0.25, -0.2) is 0 Å². The van der Waals surface area contributed by atoms with Gasteiger partial charge in [0.15, 0.2) is 5.96 Å². The van der Waals surface area contributed by atoms with Crippen molar-refractivity contribution < 1.29 is 4.74 Å². The highest BCUT2D eigenvalue weighted by atomic mass is 127. The molecule has 0 aliphatic heterocycles. The maximum atomic E-state index is 5.07. The zero-order valence-corrected chi connectivity index (χ0v) is 16.7. The van der Waals surface area contributed by atoms with Gasteiger partial charge in [0.05, 0.1) is 13.2 Å². The van der Waals surface area contributed by atoms with Crippen LogP contribution < -0.4 is 5.32 Å². The minimum absolute atomic E-state index is 0. The Balaban J connectivity index is 0.00000441. The molecule has 128 valence electrons. The van der Waals surface area contributed by atoms with Crippen LogP contribution in [0.1, 0.15) is 5.69 Å². The van der Waals surface area contributed by atoms with Crippen molar-refractivity contribution in [2.24, 2.45) is 12.0 Å². The number of aryl methyl sites for hydroxylation is 1. The van der Waals surface area contributed by atoms with E-state index in [0.29, 0.717) is 0 Å². The third-order valence-electron chi connectivity index (χ3n) is 3.48. The second-order valence-electron chi connectivity index (χ2n) is 5.24. The first kappa shape index (κ1) is 21.2. The fourth-order valence-electron chi connectivity index (χ4n) is 2.08. The van der Waals surface area contributed by atoms with Gasteiger partial charge in [0.25, 0.3) is 0 Å². The minimum Gasteiger partial charge on any atom is -0.383 e. The molecule has 1 N–H and O–H groups in total. The van der Waals surface area contributed by atoms with Gasteiger partial charge >= 0.3 is 0 Å². The van der Waals surface area contributed by atoms with E-state index in [1.54, 1.807) is 7.11 Å². The quantitative estimate of drug-likeness (QED) is 0.388. The van der Waals surface area contributed by atoms with Gasteiger partial charge in [0, 0.05) is 59.8 Å². The molecule has 0 unspecified atom stereocenters. The Labute approximate surface area is 151 Å². The summed E-state index contributed by atoms with van der Waals surface area (Å²) in [6, 6.07) is 4.19. The van der Waals surface area contributed by atoms with E-state index in [4.69, 9.17) is 4.74 Å². The average Bonchev–Trinajstić information content (AvgIpc) is 2.86. The molecule has 0 atom stereocenters. The molecule has 0 aromatic carbocycles. The summed E-state index contributed by atoms with van der Waals surface area (Å²) in [6.07, 6.45) is 2.06. The van der Waals surface area contributed by atoms with E-state index in [2.05, 4.69) is 64.1 Å². The topological polar surface area (TPSA) is 45.0 Å². The zero-order chi connectivity index (χ0) is 15.7. The first-order valence-electron chi connectivity index (χ1n) is 7.28. The predicted octanol–water partition coefficient (Wildman–Crippen LogP) is 1.23. The number of methoxy groups -OCH3 is 1. The van der Waals surface area contributed by atoms with Gasteiger partial charge in [-0.15, -0.1) is 24.0 Å². The van der Waals surface area contributed by atoms with Crippen LogP contribution in [-0.2, 0) is 18.3 Å². The number of aromatic nitrogens is 1. The summed E-state index contributed by atoms with van der Waals surface area (Å²) < 4.78 is 7.20. The highest BCUT2D eigenvalue weighted by Crippen LogP contribution is 2.03. The van der Waals surface area contributed by atoms with Crippen LogP contribution in [0, 0.1) is 0 Å². The van der Waals surface area contributed by atoms with Gasteiger partial charge in [-0.05, 0) is 19.2 Å². The molecule has 1 aromatic rings. The standard InChI is InChI=1S/C15H29N5O.HI/c1-16-15(17-8-10-18(2)11-12-21-5)20(4)13-14-7-6-9-19(14)3;/h6-7,9H,8,10-13H2,1-5H3,(H,16,17);1H. The summed E-state index contributed by atoms with van der Waals surface area (Å²) in [5, 5.41) is 3.39. The summed E-state index contributed by atoms with van der Waals surface area (Å²) in [6.45, 7) is 4.36. The van der Waals surface area contributed by atoms with Crippen LogP contribution in [0.25, 0.3) is 0 Å². The van der Waals surface area contributed by atoms with Crippen LogP contribution in [0.15, 0.2) is 23.3 Å². The highest BCUT2D eigenvalue weighted by Gasteiger charge is 2.08. The molecule has 7 heteroatoms. The third-order valence-corrected chi connectivity index (χ3v) is 3.48. The normalized spacial score (nSPS) is 11.5. The van der Waals surface area contributed by atoms with Gasteiger partial charge in [-0.2, -0.15) is 0 Å². The van der Waals surface area contributed by atoms with Crippen LogP contribution in [-0.4, -0.2) is 74.8 Å². The van der Waals surface area contributed by atoms with Gasteiger partial charge in [-0.3, -0.25) is 4.99 Å². The minimum atomic E-state index is 0. The Bertz CT molecular complexity index is 435. The van der Waals surface area contributed by atoms with E-state index >= 15 is 0 Å². The Hall–Kier alpha value is -0.800. The van der Waals surface area contributed by atoms with Crippen molar-refractivity contribution in [3.63, 3.8) is 0 Å². The Morgan fingerprint density at radius 3 is 2.64 bits per heavy atom. The molecule has 0 aliphatic carbocycles. The molecule has 1 heterocycles. The highest BCUT2D eigenvalue weighted by molar-refractivity contribution is 14.0. The molecule has 0 amide bonds. The fourth-order valence-corrected chi connectivity index (χ4v) is 2.08. The van der Waals surface area contributed by atoms with Crippen LogP contribution >= 0.6 is 24.0 Å². The molecule has 22 heavy (non-hydrogen) atoms. The SMILES string of the molecule is CN=C(NCCN(C)CCOC)N(C)Cc1cccn1C.I. The number of likely N-dealkylation sites (N-methyl/N-ethyl adjacent to an activating group) is 1. The molecular formula is C15H30IN5O. The molecule has 1 aromatic heterocycles. The maximum Gasteiger partial charge on any atom is 0.193 e. The van der Waals surface area contributed by atoms with E-state index in [0.717, 1.165) is 38.7 Å². The number of hydrogen-bond donors (Lipinski definition) is 1. The Kier molecular flexibility index (Phi) is 11.3. The number of guanidine groups is 1. The number of nitrogens with zero attached hydrogens (tertiary/aromatic N) is 4. The molecule has 0 saturated carbocycles. The number of rotatable bonds is 8. The van der Waals surface area contributed by atoms with Crippen LogP contribution in [0.2, 0.25) is 0 Å². The largest absolute Gasteiger partial charge is 0.383 e. The predicted molar refractivity (Wildman–Crippen MR) is 103 cm³/mol. The monoisotopic (exact) mass is 423 g/mol. The summed E-state index contributed by atoms with van der Waals surface area (Å²) in [7, 11) is 9.75. The summed E-state index contributed by atoms with van der Waals surface area (Å²) in [5.74, 6) is 0.913. The van der Waals surface area contributed by atoms with E-state index in [1.165, 1.54) is 5.69 Å². The molecule has 0 radical (unpaired) electrons. The summed E-state index contributed by atoms with van der Waals surface area (Å²) in [5.41, 5.74) is 1.26. The number of aliphatic imine (C=N–C) groups is 1. The summed E-state index contributed by atoms with van der Waals surface area (Å²) >= 11 is 0. The molecule has 0 aliphatic rings. The Morgan fingerprint density at radius 1 is 1.36 bits per heavy atom. The van der Waals surface area contributed by atoms with Crippen LogP contribution in [0.3, 0.4) is 0 Å². The first-order chi connectivity index (χ1) is 10.1. The smallest absolute Gasteiger partial charge is 0.193 e. The molecule has 6 nitrogen and oxygen atoms in total. The lowest BCUT2D eigenvalue weighted by atomic mass is 10.4. The third kappa shape index (κ3) is 7.46. The van der Waals surface area contributed by atoms with E-state index in [1.807, 2.05) is 7.05 Å². The molecule has 0 spiro atoms. The lowest BCUT2D eigenvalue weighted by molar-refractivity contribution is 0.162. The van der Waals surface area contributed by atoms with E-state index < -0.39 is 0 Å². The van der Waals surface area contributed by atoms with Crippen molar-refractivity contribution in [3.8, 4) is 0 Å². The van der Waals surface area contributed by atoms with Gasteiger partial charge in [0.2, 0.25) is 0 Å². The van der Waals surface area contributed by atoms with Crippen molar-refractivity contribution in [2.45, 2.75) is 6.54 Å². The van der Waals surface area contributed by atoms with Crippen LogP contribution in [0.5, 0.6) is 0 Å². The van der Waals surface area contributed by atoms with Crippen molar-refractivity contribution >= 4 is 29.9 Å². The van der Waals surface area contributed by atoms with Gasteiger partial charge in [-0.1, -0.05) is 0 Å². The van der Waals surface area contributed by atoms with Crippen molar-refractivity contribution in [2.75, 3.05) is 54.5 Å². The molecule has 0 fully saturated rings. The molecular weight excluding hydrogens is 393 g/mol. The number of ether oxygens (including phenoxy) is 1. The van der Waals surface area contributed by atoms with Crippen molar-refractivity contribution in [3.05, 3.63) is 24.0 Å². The zero-order valence-electron chi connectivity index (χ0n) is 14.4. The number of halogens is 1. The fraction of sp³-hybridized carbons (Fsp3) is 0.667. The van der Waals surface area contributed by atoms with Gasteiger partial charge in [0.1, 0.15) is 0 Å². The Morgan fingerprint density at radius 2 is 2.09 bits per heavy atom. The number of hydrogen-bond acceptors (Lipinski definition) is 3. The van der Waals surface area contributed by atoms with Crippen molar-refractivity contribution in [1.29, 1.82) is 0 Å². The number of nitrogens with one attached hydrogen (secondary N) is 1. The van der Waals surface area contributed by atoms with Crippen LogP contribution in [0.4, 0.5) is 0 Å². The molecule has 1 rings (SSSR count). The van der Waals surface area contributed by atoms with Crippen molar-refractivity contribution in [1.82, 2.24) is 19.7 Å². The van der Waals surface area contributed by atoms with E-state index in [-0.39, 0.29) is 24.0 Å². The second kappa shape index (κ2) is 11.7. The molecule has 0 saturated heterocycles. The lowest BCUT2D eigenvalue weighted by Crippen LogP contribution is -2.42. The lowest BCUT2D eigenvalue weighted by Gasteiger charge is -2.23. The second-order valence-corrected chi connectivity index (χ2v) is 5.24. The maximum absolute atomic E-state index is 5.07. The summed E-state index contributed by atoms with van der Waals surface area (Å²) in [4.78, 5) is 8.70. The molecule has 0 bridgehead atoms. The average molecular weight is 423 g/mol.